The van der Waals surface area contributed by atoms with Crippen LogP contribution < -0.4 is 20.1 Å². The zero-order valence-corrected chi connectivity index (χ0v) is 20.3. The fourth-order valence-electron chi connectivity index (χ4n) is 3.22. The molecule has 8 heteroatoms. The summed E-state index contributed by atoms with van der Waals surface area (Å²) in [6.45, 7) is 3.69. The number of aryl methyl sites for hydroxylation is 2. The molecule has 0 saturated heterocycles. The molecule has 3 aromatic carbocycles. The van der Waals surface area contributed by atoms with Crippen LogP contribution in [0, 0.1) is 25.2 Å². The second-order valence-electron chi connectivity index (χ2n) is 7.70. The summed E-state index contributed by atoms with van der Waals surface area (Å²) < 4.78 is 11.0. The Labute approximate surface area is 208 Å². The molecule has 0 atom stereocenters. The van der Waals surface area contributed by atoms with E-state index in [1.54, 1.807) is 42.5 Å². The van der Waals surface area contributed by atoms with E-state index in [9.17, 15) is 14.9 Å². The van der Waals surface area contributed by atoms with Crippen LogP contribution in [0.4, 0.5) is 11.4 Å². The number of nitriles is 1. The highest BCUT2D eigenvalue weighted by molar-refractivity contribution is 6.30. The quantitative estimate of drug-likeness (QED) is 0.320. The van der Waals surface area contributed by atoms with Crippen molar-refractivity contribution in [3.05, 3.63) is 87.9 Å². The van der Waals surface area contributed by atoms with Crippen molar-refractivity contribution in [1.82, 2.24) is 0 Å². The molecule has 2 amide bonds. The molecule has 0 radical (unpaired) electrons. The van der Waals surface area contributed by atoms with E-state index in [4.69, 9.17) is 21.1 Å². The van der Waals surface area contributed by atoms with Gasteiger partial charge < -0.3 is 20.1 Å². The zero-order chi connectivity index (χ0) is 25.4. The van der Waals surface area contributed by atoms with E-state index in [0.29, 0.717) is 27.8 Å². The van der Waals surface area contributed by atoms with Gasteiger partial charge in [0.15, 0.2) is 18.1 Å². The van der Waals surface area contributed by atoms with Crippen LogP contribution >= 0.6 is 11.6 Å². The van der Waals surface area contributed by atoms with Crippen LogP contribution in [0.5, 0.6) is 11.5 Å². The summed E-state index contributed by atoms with van der Waals surface area (Å²) in [5.74, 6) is -0.163. The highest BCUT2D eigenvalue weighted by atomic mass is 35.5. The van der Waals surface area contributed by atoms with Gasteiger partial charge in [-0.05, 0) is 73.5 Å². The lowest BCUT2D eigenvalue weighted by molar-refractivity contribution is -0.118. The standard InChI is InChI=1S/C27H24ClN3O4/c1-17-4-10-23(18(2)12-17)31-26(32)16-35-24-11-5-19(14-25(24)34-3)13-20(15-29)27(33)30-22-8-6-21(28)7-9-22/h4-14H,16H2,1-3H3,(H,30,33)(H,31,32)/b20-13-. The van der Waals surface area contributed by atoms with Crippen LogP contribution in [0.3, 0.4) is 0 Å². The van der Waals surface area contributed by atoms with Crippen molar-refractivity contribution in [3.63, 3.8) is 0 Å². The summed E-state index contributed by atoms with van der Waals surface area (Å²) in [7, 11) is 1.46. The second kappa shape index (κ2) is 11.7. The van der Waals surface area contributed by atoms with Gasteiger partial charge >= 0.3 is 0 Å². The van der Waals surface area contributed by atoms with Crippen molar-refractivity contribution in [3.8, 4) is 17.6 Å². The maximum atomic E-state index is 12.5. The van der Waals surface area contributed by atoms with Gasteiger partial charge in [-0.25, -0.2) is 0 Å². The zero-order valence-electron chi connectivity index (χ0n) is 19.5. The summed E-state index contributed by atoms with van der Waals surface area (Å²) in [6, 6.07) is 19.1. The van der Waals surface area contributed by atoms with Gasteiger partial charge in [-0.15, -0.1) is 0 Å². The number of carbonyl (C=O) groups is 2. The van der Waals surface area contributed by atoms with E-state index in [1.165, 1.54) is 13.2 Å². The Hall–Kier alpha value is -4.28. The smallest absolute Gasteiger partial charge is 0.266 e. The highest BCUT2D eigenvalue weighted by Crippen LogP contribution is 2.29. The number of hydrogen-bond donors (Lipinski definition) is 2. The minimum absolute atomic E-state index is 0.0940. The molecule has 0 aliphatic rings. The Kier molecular flexibility index (Phi) is 8.49. The van der Waals surface area contributed by atoms with Crippen LogP contribution in [0.2, 0.25) is 5.02 Å². The molecule has 0 fully saturated rings. The number of methoxy groups -OCH3 is 1. The predicted octanol–water partition coefficient (Wildman–Crippen LogP) is 5.53. The molecular formula is C27H24ClN3O4. The van der Waals surface area contributed by atoms with Gasteiger partial charge in [0.1, 0.15) is 11.6 Å². The number of halogens is 1. The van der Waals surface area contributed by atoms with Crippen molar-refractivity contribution in [1.29, 1.82) is 5.26 Å². The van der Waals surface area contributed by atoms with E-state index in [2.05, 4.69) is 10.6 Å². The van der Waals surface area contributed by atoms with Crippen LogP contribution in [0.1, 0.15) is 16.7 Å². The van der Waals surface area contributed by atoms with Crippen LogP contribution in [-0.4, -0.2) is 25.5 Å². The van der Waals surface area contributed by atoms with Gasteiger partial charge in [-0.2, -0.15) is 5.26 Å². The average Bonchev–Trinajstić information content (AvgIpc) is 2.84. The summed E-state index contributed by atoms with van der Waals surface area (Å²) in [4.78, 5) is 24.8. The van der Waals surface area contributed by atoms with E-state index < -0.39 is 5.91 Å². The molecule has 2 N–H and O–H groups in total. The summed E-state index contributed by atoms with van der Waals surface area (Å²) in [6.07, 6.45) is 1.43. The number of rotatable bonds is 8. The Morgan fingerprint density at radius 3 is 2.40 bits per heavy atom. The first-order valence-corrected chi connectivity index (χ1v) is 11.0. The molecule has 0 aromatic heterocycles. The Morgan fingerprint density at radius 2 is 1.74 bits per heavy atom. The van der Waals surface area contributed by atoms with Crippen molar-refractivity contribution in [2.75, 3.05) is 24.4 Å². The van der Waals surface area contributed by atoms with Crippen molar-refractivity contribution >= 4 is 40.9 Å². The highest BCUT2D eigenvalue weighted by Gasteiger charge is 2.13. The van der Waals surface area contributed by atoms with Gasteiger partial charge in [-0.3, -0.25) is 9.59 Å². The number of carbonyl (C=O) groups excluding carboxylic acids is 2. The molecule has 178 valence electrons. The molecular weight excluding hydrogens is 466 g/mol. The van der Waals surface area contributed by atoms with Crippen molar-refractivity contribution in [2.45, 2.75) is 13.8 Å². The Bertz CT molecular complexity index is 1310. The lowest BCUT2D eigenvalue weighted by atomic mass is 10.1. The fourth-order valence-corrected chi connectivity index (χ4v) is 3.35. The third kappa shape index (κ3) is 7.10. The summed E-state index contributed by atoms with van der Waals surface area (Å²) in [5, 5.41) is 15.5. The average molecular weight is 490 g/mol. The number of amides is 2. The normalized spacial score (nSPS) is 10.8. The number of nitrogens with zero attached hydrogens (tertiary/aromatic N) is 1. The van der Waals surface area contributed by atoms with Gasteiger partial charge in [0, 0.05) is 16.4 Å². The largest absolute Gasteiger partial charge is 0.493 e. The fraction of sp³-hybridized carbons (Fsp3) is 0.148. The van der Waals surface area contributed by atoms with Crippen LogP contribution in [0.15, 0.2) is 66.2 Å². The van der Waals surface area contributed by atoms with Gasteiger partial charge in [-0.1, -0.05) is 35.4 Å². The molecule has 0 bridgehead atoms. The molecule has 3 aromatic rings. The molecule has 3 rings (SSSR count). The summed E-state index contributed by atoms with van der Waals surface area (Å²) >= 11 is 5.85. The minimum Gasteiger partial charge on any atom is -0.493 e. The first kappa shape index (κ1) is 25.3. The molecule has 0 heterocycles. The Morgan fingerprint density at radius 1 is 1.00 bits per heavy atom. The van der Waals surface area contributed by atoms with Gasteiger partial charge in [0.05, 0.1) is 7.11 Å². The molecule has 7 nitrogen and oxygen atoms in total. The molecule has 0 aliphatic heterocycles. The molecule has 0 unspecified atom stereocenters. The minimum atomic E-state index is -0.558. The van der Waals surface area contributed by atoms with E-state index >= 15 is 0 Å². The monoisotopic (exact) mass is 489 g/mol. The maximum absolute atomic E-state index is 12.5. The number of ether oxygens (including phenoxy) is 2. The van der Waals surface area contributed by atoms with Crippen LogP contribution in [-0.2, 0) is 9.59 Å². The number of benzene rings is 3. The third-order valence-electron chi connectivity index (χ3n) is 4.98. The molecule has 35 heavy (non-hydrogen) atoms. The first-order chi connectivity index (χ1) is 16.8. The first-order valence-electron chi connectivity index (χ1n) is 10.7. The van der Waals surface area contributed by atoms with Crippen molar-refractivity contribution < 1.29 is 19.1 Å². The molecule has 0 spiro atoms. The lowest BCUT2D eigenvalue weighted by Gasteiger charge is -2.13. The van der Waals surface area contributed by atoms with Crippen molar-refractivity contribution in [2.24, 2.45) is 0 Å². The third-order valence-corrected chi connectivity index (χ3v) is 5.23. The molecule has 0 saturated carbocycles. The number of anilines is 2. The van der Waals surface area contributed by atoms with Gasteiger partial charge in [0.25, 0.3) is 11.8 Å². The summed E-state index contributed by atoms with van der Waals surface area (Å²) in [5.41, 5.74) is 3.76. The van der Waals surface area contributed by atoms with Gasteiger partial charge in [0.2, 0.25) is 0 Å². The van der Waals surface area contributed by atoms with E-state index in [0.717, 1.165) is 16.8 Å². The predicted molar refractivity (Wildman–Crippen MR) is 137 cm³/mol. The topological polar surface area (TPSA) is 100 Å². The SMILES string of the molecule is COc1cc(/C=C(/C#N)C(=O)Nc2ccc(Cl)cc2)ccc1OCC(=O)Nc1ccc(C)cc1C. The van der Waals surface area contributed by atoms with E-state index in [1.807, 2.05) is 38.1 Å². The van der Waals surface area contributed by atoms with Crippen LogP contribution in [0.25, 0.3) is 6.08 Å². The lowest BCUT2D eigenvalue weighted by Crippen LogP contribution is -2.20. The number of nitrogens with one attached hydrogen (secondary N) is 2. The molecule has 0 aliphatic carbocycles. The number of hydrogen-bond acceptors (Lipinski definition) is 5. The van der Waals surface area contributed by atoms with E-state index in [-0.39, 0.29) is 18.1 Å². The maximum Gasteiger partial charge on any atom is 0.266 e. The Balaban J connectivity index is 1.67. The second-order valence-corrected chi connectivity index (χ2v) is 8.13.